The Hall–Kier alpha value is -0.630. The topological polar surface area (TPSA) is 74.2 Å². The highest BCUT2D eigenvalue weighted by Gasteiger charge is 2.28. The van der Waals surface area contributed by atoms with Gasteiger partial charge in [-0.2, -0.15) is 0 Å². The molecule has 1 aromatic heterocycles. The third kappa shape index (κ3) is 5.58. The van der Waals surface area contributed by atoms with E-state index in [1.165, 1.54) is 11.3 Å². The number of fused-ring (bicyclic) bond motifs is 1. The van der Waals surface area contributed by atoms with Crippen molar-refractivity contribution in [1.29, 1.82) is 0 Å². The zero-order valence-corrected chi connectivity index (χ0v) is 14.1. The summed E-state index contributed by atoms with van der Waals surface area (Å²) in [5.41, 5.74) is 0. The predicted molar refractivity (Wildman–Crippen MR) is 78.9 cm³/mol. The Balaban J connectivity index is 1.73. The molecule has 0 fully saturated rings. The van der Waals surface area contributed by atoms with E-state index in [0.717, 1.165) is 0 Å². The van der Waals surface area contributed by atoms with E-state index in [-0.39, 0.29) is 19.8 Å². The first-order chi connectivity index (χ1) is 9.75. The third-order valence-corrected chi connectivity index (χ3v) is 4.44. The standard InChI is InChI=1S/C12H20NO6PS/c1-13(2,3)4-5-17-20(14,15)18-7-10-6-16-11-8-21-9-12(11)19-10/h8-10H,4-7H2,1-3H3/p+1. The van der Waals surface area contributed by atoms with Crippen LogP contribution >= 0.6 is 19.2 Å². The molecule has 0 radical (unpaired) electrons. The molecule has 7 nitrogen and oxygen atoms in total. The number of hydrogen-bond donors (Lipinski definition) is 1. The first-order valence-electron chi connectivity index (χ1n) is 6.53. The average Bonchev–Trinajstić information content (AvgIpc) is 2.82. The number of nitrogens with zero attached hydrogens (tertiary/aromatic N) is 1. The summed E-state index contributed by atoms with van der Waals surface area (Å²) in [4.78, 5) is 9.61. The van der Waals surface area contributed by atoms with Gasteiger partial charge in [-0.1, -0.05) is 0 Å². The molecule has 2 heterocycles. The molecule has 0 amide bonds. The van der Waals surface area contributed by atoms with Crippen LogP contribution in [0.1, 0.15) is 0 Å². The van der Waals surface area contributed by atoms with Gasteiger partial charge < -0.3 is 18.9 Å². The van der Waals surface area contributed by atoms with Crippen molar-refractivity contribution >= 4 is 19.2 Å². The number of ether oxygens (including phenoxy) is 2. The van der Waals surface area contributed by atoms with Gasteiger partial charge in [0.25, 0.3) is 0 Å². The Morgan fingerprint density at radius 3 is 2.81 bits per heavy atom. The van der Waals surface area contributed by atoms with E-state index in [9.17, 15) is 9.46 Å². The lowest BCUT2D eigenvalue weighted by Crippen LogP contribution is -2.37. The third-order valence-electron chi connectivity index (χ3n) is 2.75. The van der Waals surface area contributed by atoms with Gasteiger partial charge in [0.15, 0.2) is 17.6 Å². The maximum absolute atomic E-state index is 11.7. The Labute approximate surface area is 128 Å². The summed E-state index contributed by atoms with van der Waals surface area (Å²) in [6.45, 7) is 0.971. The van der Waals surface area contributed by atoms with Gasteiger partial charge in [-0.05, 0) is 0 Å². The Morgan fingerprint density at radius 2 is 2.10 bits per heavy atom. The number of thiophene rings is 1. The molecule has 2 rings (SSSR count). The van der Waals surface area contributed by atoms with Crippen molar-refractivity contribution in [3.8, 4) is 11.5 Å². The molecule has 0 bridgehead atoms. The summed E-state index contributed by atoms with van der Waals surface area (Å²) in [7, 11) is 1.85. The van der Waals surface area contributed by atoms with Gasteiger partial charge in [0.1, 0.15) is 19.8 Å². The lowest BCUT2D eigenvalue weighted by molar-refractivity contribution is -0.870. The van der Waals surface area contributed by atoms with Crippen molar-refractivity contribution in [2.75, 3.05) is 47.5 Å². The number of phosphoric ester groups is 1. The van der Waals surface area contributed by atoms with Crippen LogP contribution in [0.5, 0.6) is 11.5 Å². The molecule has 0 saturated carbocycles. The Morgan fingerprint density at radius 1 is 1.38 bits per heavy atom. The Kier molecular flexibility index (Phi) is 5.29. The number of phosphoric acid groups is 1. The van der Waals surface area contributed by atoms with Crippen LogP contribution < -0.4 is 9.47 Å². The summed E-state index contributed by atoms with van der Waals surface area (Å²) in [6, 6.07) is 0. The lowest BCUT2D eigenvalue weighted by Gasteiger charge is -2.26. The quantitative estimate of drug-likeness (QED) is 0.603. The van der Waals surface area contributed by atoms with Crippen molar-refractivity contribution in [1.82, 2.24) is 0 Å². The van der Waals surface area contributed by atoms with Crippen LogP contribution in [0.15, 0.2) is 10.8 Å². The van der Waals surface area contributed by atoms with Gasteiger partial charge in [-0.25, -0.2) is 4.57 Å². The second kappa shape index (κ2) is 6.64. The molecular formula is C12H21NO6PS+. The minimum Gasteiger partial charge on any atom is -0.485 e. The van der Waals surface area contributed by atoms with Crippen LogP contribution in [0.3, 0.4) is 0 Å². The second-order valence-electron chi connectivity index (χ2n) is 5.76. The highest BCUT2D eigenvalue weighted by Crippen LogP contribution is 2.44. The van der Waals surface area contributed by atoms with Gasteiger partial charge in [-0.3, -0.25) is 9.05 Å². The van der Waals surface area contributed by atoms with Gasteiger partial charge in [0, 0.05) is 10.8 Å². The number of quaternary nitrogens is 1. The van der Waals surface area contributed by atoms with E-state index >= 15 is 0 Å². The highest BCUT2D eigenvalue weighted by molar-refractivity contribution is 7.47. The SMILES string of the molecule is C[N+](C)(C)CCOP(=O)(O)OCC1COc2cscc2O1. The first kappa shape index (κ1) is 16.7. The molecule has 9 heteroatoms. The van der Waals surface area contributed by atoms with Crippen LogP contribution in [0, 0.1) is 0 Å². The maximum Gasteiger partial charge on any atom is 0.472 e. The fraction of sp³-hybridized carbons (Fsp3) is 0.667. The summed E-state index contributed by atoms with van der Waals surface area (Å²) in [5, 5.41) is 3.66. The van der Waals surface area contributed by atoms with Crippen LogP contribution in [-0.2, 0) is 13.6 Å². The molecule has 1 aromatic rings. The van der Waals surface area contributed by atoms with Crippen molar-refractivity contribution in [3.05, 3.63) is 10.8 Å². The van der Waals surface area contributed by atoms with E-state index < -0.39 is 13.9 Å². The minimum atomic E-state index is -4.06. The van der Waals surface area contributed by atoms with E-state index in [1.54, 1.807) is 0 Å². The fourth-order valence-corrected chi connectivity index (χ4v) is 3.00. The minimum absolute atomic E-state index is 0.0621. The van der Waals surface area contributed by atoms with Gasteiger partial charge in [0.2, 0.25) is 0 Å². The largest absolute Gasteiger partial charge is 0.485 e. The zero-order chi connectivity index (χ0) is 15.5. The molecule has 0 aliphatic carbocycles. The van der Waals surface area contributed by atoms with Crippen LogP contribution in [0.4, 0.5) is 0 Å². The molecule has 0 aromatic carbocycles. The highest BCUT2D eigenvalue weighted by atomic mass is 32.1. The van der Waals surface area contributed by atoms with Crippen molar-refractivity contribution in [2.24, 2.45) is 0 Å². The molecular weight excluding hydrogens is 317 g/mol. The second-order valence-corrected chi connectivity index (χ2v) is 7.96. The van der Waals surface area contributed by atoms with E-state index in [0.29, 0.717) is 22.5 Å². The van der Waals surface area contributed by atoms with Crippen LogP contribution in [0.2, 0.25) is 0 Å². The molecule has 21 heavy (non-hydrogen) atoms. The molecule has 1 N–H and O–H groups in total. The van der Waals surface area contributed by atoms with Crippen molar-refractivity contribution in [2.45, 2.75) is 6.10 Å². The molecule has 0 saturated heterocycles. The summed E-state index contributed by atoms with van der Waals surface area (Å²) < 4.78 is 33.3. The smallest absolute Gasteiger partial charge is 0.472 e. The fourth-order valence-electron chi connectivity index (χ4n) is 1.59. The molecule has 0 spiro atoms. The summed E-state index contributed by atoms with van der Waals surface area (Å²) in [5.74, 6) is 1.33. The molecule has 1 aliphatic heterocycles. The molecule has 120 valence electrons. The average molecular weight is 338 g/mol. The Bertz CT molecular complexity index is 514. The summed E-state index contributed by atoms with van der Waals surface area (Å²) >= 11 is 1.47. The summed E-state index contributed by atoms with van der Waals surface area (Å²) in [6.07, 6.45) is -0.422. The normalized spacial score (nSPS) is 21.0. The number of rotatable bonds is 7. The molecule has 1 aliphatic rings. The van der Waals surface area contributed by atoms with E-state index in [1.807, 2.05) is 31.9 Å². The van der Waals surface area contributed by atoms with Crippen LogP contribution in [-0.4, -0.2) is 63.0 Å². The monoisotopic (exact) mass is 338 g/mol. The van der Waals surface area contributed by atoms with Gasteiger partial charge in [-0.15, -0.1) is 11.3 Å². The van der Waals surface area contributed by atoms with E-state index in [4.69, 9.17) is 18.5 Å². The number of likely N-dealkylation sites (N-methyl/N-ethyl adjacent to an activating group) is 1. The van der Waals surface area contributed by atoms with Gasteiger partial charge >= 0.3 is 7.82 Å². The number of hydrogen-bond acceptors (Lipinski definition) is 6. The van der Waals surface area contributed by atoms with Gasteiger partial charge in [0.05, 0.1) is 27.7 Å². The zero-order valence-electron chi connectivity index (χ0n) is 12.4. The maximum atomic E-state index is 11.7. The lowest BCUT2D eigenvalue weighted by atomic mass is 10.3. The van der Waals surface area contributed by atoms with Crippen LogP contribution in [0.25, 0.3) is 0 Å². The predicted octanol–water partition coefficient (Wildman–Crippen LogP) is 1.73. The molecule has 2 atom stereocenters. The molecule has 2 unspecified atom stereocenters. The first-order valence-corrected chi connectivity index (χ1v) is 8.97. The van der Waals surface area contributed by atoms with Crippen molar-refractivity contribution in [3.63, 3.8) is 0 Å². The van der Waals surface area contributed by atoms with E-state index in [2.05, 4.69) is 0 Å². The van der Waals surface area contributed by atoms with Crippen molar-refractivity contribution < 1.29 is 32.5 Å².